The van der Waals surface area contributed by atoms with Crippen LogP contribution in [0.3, 0.4) is 0 Å². The highest BCUT2D eigenvalue weighted by Gasteiger charge is 2.32. The third-order valence-electron chi connectivity index (χ3n) is 4.86. The molecule has 1 aliphatic carbocycles. The van der Waals surface area contributed by atoms with Crippen LogP contribution in [-0.4, -0.2) is 30.4 Å². The number of piperidine rings is 1. The average Bonchev–Trinajstić information content (AvgIpc) is 2.53. The Hall–Kier alpha value is -1.51. The largest absolute Gasteiger partial charge is 0.376 e. The number of para-hydroxylation sites is 1. The van der Waals surface area contributed by atoms with Gasteiger partial charge in [-0.1, -0.05) is 37.5 Å². The lowest BCUT2D eigenvalue weighted by molar-refractivity contribution is -0.132. The number of amides is 1. The lowest BCUT2D eigenvalue weighted by atomic mass is 9.75. The third-order valence-corrected chi connectivity index (χ3v) is 4.86. The summed E-state index contributed by atoms with van der Waals surface area (Å²) in [6.07, 6.45) is 6.66. The standard InChI is InChI=1S/C17H24N2O/c20-17(12-18-16-8-2-1-3-9-16)19-11-10-14-6-4-5-7-15(14)13-19/h1-3,8-9,14-15,18H,4-7,10-13H2. The summed E-state index contributed by atoms with van der Waals surface area (Å²) >= 11 is 0. The SMILES string of the molecule is O=C(CNc1ccccc1)N1CCC2CCCCC2C1. The highest BCUT2D eigenvalue weighted by atomic mass is 16.2. The summed E-state index contributed by atoms with van der Waals surface area (Å²) in [7, 11) is 0. The second kappa shape index (κ2) is 6.29. The van der Waals surface area contributed by atoms with Crippen molar-refractivity contribution in [1.82, 2.24) is 4.90 Å². The second-order valence-electron chi connectivity index (χ2n) is 6.15. The second-order valence-corrected chi connectivity index (χ2v) is 6.15. The molecule has 20 heavy (non-hydrogen) atoms. The van der Waals surface area contributed by atoms with Crippen molar-refractivity contribution >= 4 is 11.6 Å². The normalized spacial score (nSPS) is 25.9. The summed E-state index contributed by atoms with van der Waals surface area (Å²) in [5, 5.41) is 3.22. The monoisotopic (exact) mass is 272 g/mol. The molecule has 1 aliphatic heterocycles. The van der Waals surface area contributed by atoms with Gasteiger partial charge in [-0.15, -0.1) is 0 Å². The number of rotatable bonds is 3. The van der Waals surface area contributed by atoms with Crippen LogP contribution in [0.1, 0.15) is 32.1 Å². The van der Waals surface area contributed by atoms with Crippen LogP contribution in [0.5, 0.6) is 0 Å². The van der Waals surface area contributed by atoms with Gasteiger partial charge in [0.05, 0.1) is 6.54 Å². The Morgan fingerprint density at radius 2 is 1.85 bits per heavy atom. The first-order valence-electron chi connectivity index (χ1n) is 7.89. The van der Waals surface area contributed by atoms with Gasteiger partial charge < -0.3 is 10.2 Å². The molecule has 2 atom stereocenters. The van der Waals surface area contributed by atoms with Gasteiger partial charge in [0.1, 0.15) is 0 Å². The number of hydrogen-bond donors (Lipinski definition) is 1. The van der Waals surface area contributed by atoms with E-state index in [2.05, 4.69) is 10.2 Å². The van der Waals surface area contributed by atoms with Gasteiger partial charge in [0, 0.05) is 18.8 Å². The summed E-state index contributed by atoms with van der Waals surface area (Å²) in [6.45, 7) is 2.36. The smallest absolute Gasteiger partial charge is 0.241 e. The van der Waals surface area contributed by atoms with E-state index >= 15 is 0 Å². The molecule has 108 valence electrons. The zero-order valence-corrected chi connectivity index (χ0v) is 12.1. The van der Waals surface area contributed by atoms with Crippen LogP contribution in [0.2, 0.25) is 0 Å². The molecule has 1 saturated carbocycles. The zero-order chi connectivity index (χ0) is 13.8. The number of anilines is 1. The molecule has 1 N–H and O–H groups in total. The van der Waals surface area contributed by atoms with Gasteiger partial charge in [-0.25, -0.2) is 0 Å². The summed E-state index contributed by atoms with van der Waals surface area (Å²) in [4.78, 5) is 14.4. The maximum absolute atomic E-state index is 12.3. The first-order valence-corrected chi connectivity index (χ1v) is 7.89. The quantitative estimate of drug-likeness (QED) is 0.917. The van der Waals surface area contributed by atoms with E-state index in [4.69, 9.17) is 0 Å². The van der Waals surface area contributed by atoms with Crippen LogP contribution in [0.15, 0.2) is 30.3 Å². The van der Waals surface area contributed by atoms with Crippen LogP contribution < -0.4 is 5.32 Å². The van der Waals surface area contributed by atoms with Gasteiger partial charge in [-0.2, -0.15) is 0 Å². The van der Waals surface area contributed by atoms with E-state index in [0.29, 0.717) is 6.54 Å². The fourth-order valence-electron chi connectivity index (χ4n) is 3.67. The molecule has 0 spiro atoms. The molecule has 2 aliphatic rings. The van der Waals surface area contributed by atoms with Gasteiger partial charge in [0.15, 0.2) is 0 Å². The van der Waals surface area contributed by atoms with Gasteiger partial charge in [0.25, 0.3) is 0 Å². The summed E-state index contributed by atoms with van der Waals surface area (Å²) in [6, 6.07) is 9.96. The van der Waals surface area contributed by atoms with E-state index in [-0.39, 0.29) is 5.91 Å². The van der Waals surface area contributed by atoms with E-state index in [1.807, 2.05) is 30.3 Å². The molecule has 3 nitrogen and oxygen atoms in total. The molecule has 3 heteroatoms. The van der Waals surface area contributed by atoms with Crippen molar-refractivity contribution in [2.45, 2.75) is 32.1 Å². The summed E-state index contributed by atoms with van der Waals surface area (Å²) < 4.78 is 0. The first-order chi connectivity index (χ1) is 9.83. The molecule has 0 bridgehead atoms. The van der Waals surface area contributed by atoms with E-state index in [1.54, 1.807) is 0 Å². The number of benzene rings is 1. The Labute approximate surface area is 121 Å². The number of nitrogens with one attached hydrogen (secondary N) is 1. The summed E-state index contributed by atoms with van der Waals surface area (Å²) in [5.41, 5.74) is 1.02. The molecular formula is C17H24N2O. The van der Waals surface area contributed by atoms with Gasteiger partial charge in [-0.05, 0) is 36.8 Å². The lowest BCUT2D eigenvalue weighted by Gasteiger charge is -2.41. The van der Waals surface area contributed by atoms with Crippen LogP contribution in [0.25, 0.3) is 0 Å². The van der Waals surface area contributed by atoms with Crippen LogP contribution >= 0.6 is 0 Å². The molecule has 0 radical (unpaired) electrons. The number of fused-ring (bicyclic) bond motifs is 1. The Morgan fingerprint density at radius 1 is 1.10 bits per heavy atom. The number of carbonyl (C=O) groups excluding carboxylic acids is 1. The van der Waals surface area contributed by atoms with Crippen LogP contribution in [-0.2, 0) is 4.79 Å². The van der Waals surface area contributed by atoms with Crippen LogP contribution in [0, 0.1) is 11.8 Å². The molecule has 2 fully saturated rings. The molecule has 3 rings (SSSR count). The maximum atomic E-state index is 12.3. The van der Waals surface area contributed by atoms with Crippen molar-refractivity contribution in [2.75, 3.05) is 25.0 Å². The fraction of sp³-hybridized carbons (Fsp3) is 0.588. The van der Waals surface area contributed by atoms with E-state index < -0.39 is 0 Å². The molecule has 2 unspecified atom stereocenters. The molecule has 1 saturated heterocycles. The van der Waals surface area contributed by atoms with Gasteiger partial charge >= 0.3 is 0 Å². The van der Waals surface area contributed by atoms with E-state index in [9.17, 15) is 4.79 Å². The Morgan fingerprint density at radius 3 is 2.65 bits per heavy atom. The first kappa shape index (κ1) is 13.5. The van der Waals surface area contributed by atoms with Gasteiger partial charge in [0.2, 0.25) is 5.91 Å². The van der Waals surface area contributed by atoms with Crippen molar-refractivity contribution < 1.29 is 4.79 Å². The number of nitrogens with zero attached hydrogens (tertiary/aromatic N) is 1. The molecule has 1 aromatic rings. The maximum Gasteiger partial charge on any atom is 0.241 e. The molecule has 1 amide bonds. The fourth-order valence-corrected chi connectivity index (χ4v) is 3.67. The highest BCUT2D eigenvalue weighted by Crippen LogP contribution is 2.35. The Kier molecular flexibility index (Phi) is 4.24. The Bertz CT molecular complexity index is 446. The minimum absolute atomic E-state index is 0.248. The zero-order valence-electron chi connectivity index (χ0n) is 12.1. The van der Waals surface area contributed by atoms with E-state index in [1.165, 1.54) is 32.1 Å². The van der Waals surface area contributed by atoms with Gasteiger partial charge in [-0.3, -0.25) is 4.79 Å². The van der Waals surface area contributed by atoms with Crippen molar-refractivity contribution in [3.05, 3.63) is 30.3 Å². The molecule has 0 aromatic heterocycles. The summed E-state index contributed by atoms with van der Waals surface area (Å²) in [5.74, 6) is 1.89. The van der Waals surface area contributed by atoms with Crippen molar-refractivity contribution in [2.24, 2.45) is 11.8 Å². The average molecular weight is 272 g/mol. The van der Waals surface area contributed by atoms with E-state index in [0.717, 1.165) is 30.6 Å². The topological polar surface area (TPSA) is 32.3 Å². The number of carbonyl (C=O) groups is 1. The molecule has 1 aromatic carbocycles. The highest BCUT2D eigenvalue weighted by molar-refractivity contribution is 5.81. The number of hydrogen-bond acceptors (Lipinski definition) is 2. The Balaban J connectivity index is 1.50. The predicted molar refractivity (Wildman–Crippen MR) is 81.6 cm³/mol. The van der Waals surface area contributed by atoms with Crippen LogP contribution in [0.4, 0.5) is 5.69 Å². The molecule has 1 heterocycles. The molecular weight excluding hydrogens is 248 g/mol. The van der Waals surface area contributed by atoms with Crippen molar-refractivity contribution in [3.8, 4) is 0 Å². The minimum atomic E-state index is 0.248. The lowest BCUT2D eigenvalue weighted by Crippen LogP contribution is -2.46. The third kappa shape index (κ3) is 3.14. The van der Waals surface area contributed by atoms with Crippen molar-refractivity contribution in [1.29, 1.82) is 0 Å². The predicted octanol–water partition coefficient (Wildman–Crippen LogP) is 3.14. The van der Waals surface area contributed by atoms with Crippen molar-refractivity contribution in [3.63, 3.8) is 0 Å². The minimum Gasteiger partial charge on any atom is -0.376 e. The number of likely N-dealkylation sites (tertiary alicyclic amines) is 1.